The van der Waals surface area contributed by atoms with Crippen molar-refractivity contribution in [2.75, 3.05) is 13.6 Å². The van der Waals surface area contributed by atoms with Gasteiger partial charge in [0.25, 0.3) is 0 Å². The van der Waals surface area contributed by atoms with Crippen molar-refractivity contribution < 1.29 is 9.59 Å². The number of carbonyl (C=O) groups excluding carboxylic acids is 2. The zero-order valence-electron chi connectivity index (χ0n) is 11.6. The summed E-state index contributed by atoms with van der Waals surface area (Å²) in [5.74, 6) is -0.414. The van der Waals surface area contributed by atoms with E-state index in [-0.39, 0.29) is 24.4 Å². The number of nitrogens with zero attached hydrogens (tertiary/aromatic N) is 1. The van der Waals surface area contributed by atoms with Crippen molar-refractivity contribution in [1.29, 1.82) is 0 Å². The minimum absolute atomic E-state index is 0.00434. The number of likely N-dealkylation sites (N-methyl/N-ethyl adjacent to an activating group) is 1. The molecular weight excluding hydrogens is 260 g/mol. The molecule has 0 aliphatic heterocycles. The van der Waals surface area contributed by atoms with Crippen LogP contribution in [-0.4, -0.2) is 30.3 Å². The Hall–Kier alpha value is -1.62. The molecular formula is C14H20N2O2S. The number of rotatable bonds is 6. The second kappa shape index (κ2) is 7.09. The van der Waals surface area contributed by atoms with E-state index in [9.17, 15) is 9.59 Å². The van der Waals surface area contributed by atoms with E-state index in [1.807, 2.05) is 13.8 Å². The van der Waals surface area contributed by atoms with E-state index in [2.05, 4.69) is 23.3 Å². The molecule has 2 amide bonds. The van der Waals surface area contributed by atoms with Gasteiger partial charge in [-0.1, -0.05) is 13.5 Å². The first-order valence-electron chi connectivity index (χ1n) is 6.19. The topological polar surface area (TPSA) is 49.4 Å². The minimum Gasteiger partial charge on any atom is -0.348 e. The molecule has 104 valence electrons. The van der Waals surface area contributed by atoms with Gasteiger partial charge in [-0.15, -0.1) is 11.3 Å². The van der Waals surface area contributed by atoms with Gasteiger partial charge in [0.1, 0.15) is 0 Å². The third-order valence-electron chi connectivity index (χ3n) is 2.83. The highest BCUT2D eigenvalue weighted by molar-refractivity contribution is 7.10. The summed E-state index contributed by atoms with van der Waals surface area (Å²) in [5.41, 5.74) is 1.12. The first-order valence-corrected chi connectivity index (χ1v) is 7.07. The van der Waals surface area contributed by atoms with Gasteiger partial charge >= 0.3 is 0 Å². The van der Waals surface area contributed by atoms with E-state index in [0.717, 1.165) is 12.0 Å². The van der Waals surface area contributed by atoms with E-state index in [0.29, 0.717) is 0 Å². The molecule has 1 aromatic rings. The van der Waals surface area contributed by atoms with Crippen molar-refractivity contribution in [2.24, 2.45) is 0 Å². The lowest BCUT2D eigenvalue weighted by Crippen LogP contribution is -2.39. The highest BCUT2D eigenvalue weighted by Crippen LogP contribution is 2.22. The number of hydrogen-bond donors (Lipinski definition) is 1. The molecule has 4 nitrogen and oxygen atoms in total. The summed E-state index contributed by atoms with van der Waals surface area (Å²) in [6, 6.07) is 2.09. The molecule has 0 aliphatic rings. The van der Waals surface area contributed by atoms with E-state index in [1.54, 1.807) is 18.4 Å². The zero-order valence-corrected chi connectivity index (χ0v) is 12.4. The van der Waals surface area contributed by atoms with Crippen LogP contribution in [0.3, 0.4) is 0 Å². The molecule has 1 heterocycles. The lowest BCUT2D eigenvalue weighted by Gasteiger charge is -2.19. The largest absolute Gasteiger partial charge is 0.348 e. The van der Waals surface area contributed by atoms with Crippen LogP contribution in [0.2, 0.25) is 0 Å². The molecule has 0 saturated carbocycles. The molecule has 0 radical (unpaired) electrons. The summed E-state index contributed by atoms with van der Waals surface area (Å²) in [4.78, 5) is 25.8. The molecule has 0 spiro atoms. The Morgan fingerprint density at radius 2 is 2.26 bits per heavy atom. The minimum atomic E-state index is -0.255. The maximum absolute atomic E-state index is 11.9. The molecule has 19 heavy (non-hydrogen) atoms. The molecule has 5 heteroatoms. The smallest absolute Gasteiger partial charge is 0.246 e. The number of nitrogens with one attached hydrogen (secondary N) is 1. The van der Waals surface area contributed by atoms with Gasteiger partial charge in [0.05, 0.1) is 12.6 Å². The lowest BCUT2D eigenvalue weighted by atomic mass is 10.1. The van der Waals surface area contributed by atoms with Crippen LogP contribution in [-0.2, 0) is 9.59 Å². The van der Waals surface area contributed by atoms with Crippen molar-refractivity contribution in [3.63, 3.8) is 0 Å². The van der Waals surface area contributed by atoms with Gasteiger partial charge in [0, 0.05) is 11.9 Å². The van der Waals surface area contributed by atoms with Crippen LogP contribution in [0.25, 0.3) is 0 Å². The van der Waals surface area contributed by atoms with E-state index < -0.39 is 0 Å². The summed E-state index contributed by atoms with van der Waals surface area (Å²) in [5, 5.41) is 5.00. The first kappa shape index (κ1) is 15.4. The Morgan fingerprint density at radius 3 is 2.74 bits per heavy atom. The van der Waals surface area contributed by atoms with Gasteiger partial charge in [-0.05, 0) is 36.4 Å². The Morgan fingerprint density at radius 1 is 1.58 bits per heavy atom. The number of thiophene rings is 1. The van der Waals surface area contributed by atoms with Crippen LogP contribution >= 0.6 is 11.3 Å². The van der Waals surface area contributed by atoms with E-state index in [4.69, 9.17) is 0 Å². The maximum atomic E-state index is 11.9. The normalized spacial score (nSPS) is 11.7. The van der Waals surface area contributed by atoms with Crippen LogP contribution in [0, 0.1) is 6.92 Å². The van der Waals surface area contributed by atoms with Gasteiger partial charge in [-0.2, -0.15) is 0 Å². The van der Waals surface area contributed by atoms with E-state index >= 15 is 0 Å². The summed E-state index contributed by atoms with van der Waals surface area (Å²) in [7, 11) is 1.58. The van der Waals surface area contributed by atoms with Crippen LogP contribution in [0.1, 0.15) is 29.8 Å². The SMILES string of the molecule is C=CC(=O)N(C)CC(=O)NC(CC)c1csc(C)c1. The summed E-state index contributed by atoms with van der Waals surface area (Å²) >= 11 is 1.67. The quantitative estimate of drug-likeness (QED) is 0.813. The first-order chi connectivity index (χ1) is 8.97. The van der Waals surface area contributed by atoms with Crippen molar-refractivity contribution >= 4 is 23.2 Å². The third kappa shape index (κ3) is 4.52. The average Bonchev–Trinajstić information content (AvgIpc) is 2.81. The zero-order chi connectivity index (χ0) is 14.4. The third-order valence-corrected chi connectivity index (χ3v) is 3.71. The van der Waals surface area contributed by atoms with Crippen molar-refractivity contribution in [3.05, 3.63) is 34.5 Å². The molecule has 1 unspecified atom stereocenters. The lowest BCUT2D eigenvalue weighted by molar-refractivity contribution is -0.131. The molecule has 0 fully saturated rings. The predicted molar refractivity (Wildman–Crippen MR) is 78.1 cm³/mol. The number of amides is 2. The van der Waals surface area contributed by atoms with Gasteiger partial charge < -0.3 is 10.2 Å². The molecule has 1 aromatic heterocycles. The molecule has 1 rings (SSSR count). The summed E-state index contributed by atoms with van der Waals surface area (Å²) < 4.78 is 0. The van der Waals surface area contributed by atoms with Crippen molar-refractivity contribution in [2.45, 2.75) is 26.3 Å². The van der Waals surface area contributed by atoms with Crippen molar-refractivity contribution in [3.8, 4) is 0 Å². The molecule has 0 bridgehead atoms. The highest BCUT2D eigenvalue weighted by Gasteiger charge is 2.16. The fourth-order valence-electron chi connectivity index (χ4n) is 1.76. The van der Waals surface area contributed by atoms with Gasteiger partial charge in [-0.25, -0.2) is 0 Å². The second-order valence-corrected chi connectivity index (χ2v) is 5.53. The second-order valence-electron chi connectivity index (χ2n) is 4.42. The molecule has 0 aliphatic carbocycles. The van der Waals surface area contributed by atoms with Crippen LogP contribution in [0.15, 0.2) is 24.1 Å². The monoisotopic (exact) mass is 280 g/mol. The van der Waals surface area contributed by atoms with Crippen LogP contribution in [0.4, 0.5) is 0 Å². The Balaban J connectivity index is 2.59. The maximum Gasteiger partial charge on any atom is 0.246 e. The van der Waals surface area contributed by atoms with Crippen LogP contribution in [0.5, 0.6) is 0 Å². The van der Waals surface area contributed by atoms with Crippen LogP contribution < -0.4 is 5.32 Å². The molecule has 0 saturated heterocycles. The molecule has 0 aromatic carbocycles. The van der Waals surface area contributed by atoms with Gasteiger partial charge in [0.2, 0.25) is 11.8 Å². The Kier molecular flexibility index (Phi) is 5.76. The standard InChI is InChI=1S/C14H20N2O2S/c1-5-12(11-7-10(3)19-9-11)15-13(17)8-16(4)14(18)6-2/h6-7,9,12H,2,5,8H2,1,3-4H3,(H,15,17). The summed E-state index contributed by atoms with van der Waals surface area (Å²) in [6.07, 6.45) is 2.02. The summed E-state index contributed by atoms with van der Waals surface area (Å²) in [6.45, 7) is 7.51. The average molecular weight is 280 g/mol. The number of carbonyl (C=O) groups is 2. The van der Waals surface area contributed by atoms with E-state index in [1.165, 1.54) is 15.9 Å². The fraction of sp³-hybridized carbons (Fsp3) is 0.429. The molecule has 1 N–H and O–H groups in total. The number of aryl methyl sites for hydroxylation is 1. The van der Waals surface area contributed by atoms with Gasteiger partial charge in [-0.3, -0.25) is 9.59 Å². The fourth-order valence-corrected chi connectivity index (χ4v) is 2.52. The predicted octanol–water partition coefficient (Wildman–Crippen LogP) is 2.27. The van der Waals surface area contributed by atoms with Crippen molar-refractivity contribution in [1.82, 2.24) is 10.2 Å². The Labute approximate surface area is 118 Å². The number of hydrogen-bond acceptors (Lipinski definition) is 3. The van der Waals surface area contributed by atoms with Gasteiger partial charge in [0.15, 0.2) is 0 Å². The molecule has 1 atom stereocenters. The highest BCUT2D eigenvalue weighted by atomic mass is 32.1. The Bertz CT molecular complexity index is 468.